The van der Waals surface area contributed by atoms with E-state index in [9.17, 15) is 9.90 Å². The molecular formula is C29H34N2O3. The minimum absolute atomic E-state index is 0. The Morgan fingerprint density at radius 2 is 1.62 bits per heavy atom. The van der Waals surface area contributed by atoms with Gasteiger partial charge in [-0.15, -0.1) is 0 Å². The van der Waals surface area contributed by atoms with Crippen molar-refractivity contribution in [3.63, 3.8) is 0 Å². The van der Waals surface area contributed by atoms with Crippen molar-refractivity contribution >= 4 is 22.6 Å². The molecule has 0 saturated heterocycles. The molecule has 1 aliphatic heterocycles. The fraction of sp³-hybridized carbons (Fsp3) is 0.276. The van der Waals surface area contributed by atoms with E-state index in [4.69, 9.17) is 4.42 Å². The van der Waals surface area contributed by atoms with Crippen LogP contribution in [0.4, 0.5) is 5.69 Å². The topological polar surface area (TPSA) is 56.7 Å². The number of nitrogens with zero attached hydrogens (tertiary/aromatic N) is 2. The molecule has 4 rings (SSSR count). The number of carbonyl (C=O) groups is 1. The van der Waals surface area contributed by atoms with Crippen molar-refractivity contribution in [2.45, 2.75) is 27.7 Å². The molecule has 0 saturated carbocycles. The van der Waals surface area contributed by atoms with Gasteiger partial charge < -0.3 is 21.9 Å². The molecule has 0 unspecified atom stereocenters. The third kappa shape index (κ3) is 4.43. The molecule has 1 aliphatic carbocycles. The van der Waals surface area contributed by atoms with Crippen LogP contribution >= 0.6 is 0 Å². The second kappa shape index (κ2) is 10.6. The molecule has 0 radical (unpaired) electrons. The zero-order valence-corrected chi connectivity index (χ0v) is 20.8. The lowest BCUT2D eigenvalue weighted by atomic mass is 9.90. The number of benzene rings is 3. The van der Waals surface area contributed by atoms with E-state index in [-0.39, 0.29) is 13.0 Å². The predicted octanol–water partition coefficient (Wildman–Crippen LogP) is 6.01. The minimum Gasteiger partial charge on any atom is -0.478 e. The van der Waals surface area contributed by atoms with E-state index in [1.54, 1.807) is 12.1 Å². The first-order valence-electron chi connectivity index (χ1n) is 11.7. The van der Waals surface area contributed by atoms with Crippen LogP contribution in [0.2, 0.25) is 0 Å². The monoisotopic (exact) mass is 458 g/mol. The van der Waals surface area contributed by atoms with E-state index in [1.807, 2.05) is 12.1 Å². The maximum atomic E-state index is 12.1. The van der Waals surface area contributed by atoms with Crippen LogP contribution in [0.1, 0.15) is 38.1 Å². The maximum absolute atomic E-state index is 12.1. The van der Waals surface area contributed by atoms with Crippen molar-refractivity contribution in [1.29, 1.82) is 0 Å². The van der Waals surface area contributed by atoms with E-state index in [0.717, 1.165) is 65.1 Å². The van der Waals surface area contributed by atoms with Crippen molar-refractivity contribution in [3.05, 3.63) is 79.0 Å². The van der Waals surface area contributed by atoms with Gasteiger partial charge in [0.1, 0.15) is 24.4 Å². The number of anilines is 1. The van der Waals surface area contributed by atoms with Gasteiger partial charge in [-0.05, 0) is 57.5 Å². The maximum Gasteiger partial charge on any atom is 0.336 e. The summed E-state index contributed by atoms with van der Waals surface area (Å²) in [6.07, 6.45) is 0. The summed E-state index contributed by atoms with van der Waals surface area (Å²) in [4.78, 5) is 14.3. The van der Waals surface area contributed by atoms with Crippen molar-refractivity contribution in [2.75, 3.05) is 31.1 Å². The van der Waals surface area contributed by atoms with Gasteiger partial charge in [-0.25, -0.2) is 9.37 Å². The second-order valence-electron chi connectivity index (χ2n) is 8.03. The first-order chi connectivity index (χ1) is 16.0. The van der Waals surface area contributed by atoms with Crippen LogP contribution in [0.5, 0.6) is 0 Å². The first kappa shape index (κ1) is 25.0. The molecule has 2 aromatic carbocycles. The zero-order valence-electron chi connectivity index (χ0n) is 20.8. The number of hydrogen-bond donors (Lipinski definition) is 1. The van der Waals surface area contributed by atoms with Crippen LogP contribution in [-0.4, -0.2) is 37.3 Å². The molecule has 0 bridgehead atoms. The Morgan fingerprint density at radius 3 is 2.26 bits per heavy atom. The Bertz CT molecular complexity index is 1340. The third-order valence-electron chi connectivity index (χ3n) is 6.37. The van der Waals surface area contributed by atoms with Crippen LogP contribution < -0.4 is 14.8 Å². The average molecular weight is 459 g/mol. The van der Waals surface area contributed by atoms with E-state index in [2.05, 4.69) is 73.6 Å². The van der Waals surface area contributed by atoms with Gasteiger partial charge in [0.15, 0.2) is 0 Å². The molecule has 178 valence electrons. The Labute approximate surface area is 201 Å². The molecular weight excluding hydrogens is 424 g/mol. The fourth-order valence-electron chi connectivity index (χ4n) is 4.62. The third-order valence-corrected chi connectivity index (χ3v) is 6.37. The Morgan fingerprint density at radius 1 is 0.912 bits per heavy atom. The van der Waals surface area contributed by atoms with Gasteiger partial charge in [0.25, 0.3) is 0 Å². The van der Waals surface area contributed by atoms with Gasteiger partial charge >= 0.3 is 5.97 Å². The molecule has 5 heteroatoms. The lowest BCUT2D eigenvalue weighted by Crippen LogP contribution is -2.29. The molecule has 1 heterocycles. The number of carboxylic acid groups (broad SMARTS) is 1. The lowest BCUT2D eigenvalue weighted by Gasteiger charge is -2.22. The van der Waals surface area contributed by atoms with E-state index >= 15 is 0 Å². The summed E-state index contributed by atoms with van der Waals surface area (Å²) in [5.74, 6) is -0.189. The summed E-state index contributed by atoms with van der Waals surface area (Å²) in [6.45, 7) is 12.1. The number of fused-ring (bicyclic) bond motifs is 2. The van der Waals surface area contributed by atoms with Crippen LogP contribution in [0.25, 0.3) is 33.4 Å². The van der Waals surface area contributed by atoms with E-state index in [1.165, 1.54) is 0 Å². The standard InChI is InChI=1S/C28H30N2O3.CH3/c1-5-29(6-2)19-13-15-23-25(17-19)33-26-18-20(30(7-3)8-4)14-16-24(26)27(23)21-11-9-10-12-22(21)28(31)32;/h9-18H,5-8H2,1-4H3;1H3/q;-1/p+1. The fourth-order valence-corrected chi connectivity index (χ4v) is 4.62. The molecule has 34 heavy (non-hydrogen) atoms. The number of hydrogen-bond acceptors (Lipinski definition) is 3. The average Bonchev–Trinajstić information content (AvgIpc) is 2.84. The van der Waals surface area contributed by atoms with Crippen molar-refractivity contribution in [3.8, 4) is 22.5 Å². The summed E-state index contributed by atoms with van der Waals surface area (Å²) >= 11 is 0. The first-order valence-corrected chi connectivity index (χ1v) is 11.7. The molecule has 0 amide bonds. The molecule has 0 fully saturated rings. The largest absolute Gasteiger partial charge is 0.478 e. The van der Waals surface area contributed by atoms with E-state index < -0.39 is 5.97 Å². The highest BCUT2D eigenvalue weighted by molar-refractivity contribution is 6.07. The van der Waals surface area contributed by atoms with Gasteiger partial charge in [-0.1, -0.05) is 18.2 Å². The lowest BCUT2D eigenvalue weighted by molar-refractivity contribution is 0.0697. The van der Waals surface area contributed by atoms with Crippen LogP contribution in [0.15, 0.2) is 65.1 Å². The van der Waals surface area contributed by atoms with Gasteiger partial charge in [0.05, 0.1) is 11.6 Å². The van der Waals surface area contributed by atoms with Crippen LogP contribution in [0.3, 0.4) is 0 Å². The summed E-state index contributed by atoms with van der Waals surface area (Å²) in [6, 6.07) is 19.6. The summed E-state index contributed by atoms with van der Waals surface area (Å²) in [5, 5.41) is 11.9. The summed E-state index contributed by atoms with van der Waals surface area (Å²) in [5.41, 5.74) is 4.62. The van der Waals surface area contributed by atoms with Gasteiger partial charge in [-0.3, -0.25) is 0 Å². The molecule has 0 aromatic heterocycles. The highest BCUT2D eigenvalue weighted by Crippen LogP contribution is 2.42. The Kier molecular flexibility index (Phi) is 7.77. The molecule has 1 N–H and O–H groups in total. The van der Waals surface area contributed by atoms with Crippen molar-refractivity contribution in [1.82, 2.24) is 4.58 Å². The number of rotatable bonds is 7. The smallest absolute Gasteiger partial charge is 0.336 e. The molecule has 0 spiro atoms. The van der Waals surface area contributed by atoms with E-state index in [0.29, 0.717) is 5.56 Å². The Balaban J connectivity index is 0.00000324. The molecule has 5 nitrogen and oxygen atoms in total. The molecule has 2 aliphatic rings. The summed E-state index contributed by atoms with van der Waals surface area (Å²) < 4.78 is 8.74. The summed E-state index contributed by atoms with van der Waals surface area (Å²) in [7, 11) is 0. The molecule has 2 aromatic rings. The van der Waals surface area contributed by atoms with Gasteiger partial charge in [0, 0.05) is 47.4 Å². The van der Waals surface area contributed by atoms with Crippen LogP contribution in [-0.2, 0) is 0 Å². The van der Waals surface area contributed by atoms with Crippen LogP contribution in [0, 0.1) is 7.43 Å². The highest BCUT2D eigenvalue weighted by atomic mass is 16.4. The van der Waals surface area contributed by atoms with Gasteiger partial charge in [-0.2, -0.15) is 0 Å². The van der Waals surface area contributed by atoms with Gasteiger partial charge in [0.2, 0.25) is 5.36 Å². The zero-order chi connectivity index (χ0) is 23.5. The second-order valence-corrected chi connectivity index (χ2v) is 8.03. The highest BCUT2D eigenvalue weighted by Gasteiger charge is 2.22. The quantitative estimate of drug-likeness (QED) is 0.209. The predicted molar refractivity (Wildman–Crippen MR) is 142 cm³/mol. The van der Waals surface area contributed by atoms with Crippen molar-refractivity contribution < 1.29 is 14.3 Å². The van der Waals surface area contributed by atoms with Crippen molar-refractivity contribution in [2.24, 2.45) is 0 Å². The molecule has 0 atom stereocenters. The number of aromatic carboxylic acids is 1. The minimum atomic E-state index is -0.938. The number of carboxylic acids is 1. The Hall–Kier alpha value is -3.60. The SMILES string of the molecule is CCN(CC)c1ccc2c(-c3ccccc3C(=O)O)c3ccc(=[N+](CC)CC)cc-3oc2c1.[CH3-]. The normalized spacial score (nSPS) is 10.8.